The van der Waals surface area contributed by atoms with Gasteiger partial charge >= 0.3 is 5.97 Å². The van der Waals surface area contributed by atoms with Crippen molar-refractivity contribution in [3.05, 3.63) is 71.3 Å². The Kier molecular flexibility index (Phi) is 8.47. The van der Waals surface area contributed by atoms with Gasteiger partial charge in [-0.2, -0.15) is 0 Å². The molecule has 0 saturated heterocycles. The largest absolute Gasteiger partial charge is 0.465 e. The third-order valence-corrected chi connectivity index (χ3v) is 4.63. The predicted octanol–water partition coefficient (Wildman–Crippen LogP) is 4.45. The van der Waals surface area contributed by atoms with Gasteiger partial charge in [-0.15, -0.1) is 0 Å². The second kappa shape index (κ2) is 11.1. The third kappa shape index (κ3) is 6.08. The summed E-state index contributed by atoms with van der Waals surface area (Å²) in [6, 6.07) is 18.0. The smallest absolute Gasteiger partial charge is 0.318 e. The molecule has 2 aromatic carbocycles. The number of nitrogens with zero attached hydrogens (tertiary/aromatic N) is 1. The van der Waals surface area contributed by atoms with Crippen LogP contribution in [0.4, 0.5) is 0 Å². The van der Waals surface area contributed by atoms with Crippen LogP contribution < -0.4 is 0 Å². The maximum absolute atomic E-state index is 12.8. The number of carbonyl (C=O) groups excluding carboxylic acids is 2. The molecule has 0 saturated carbocycles. The Morgan fingerprint density at radius 2 is 1.46 bits per heavy atom. The first-order valence-corrected chi connectivity index (χ1v) is 9.86. The van der Waals surface area contributed by atoms with Crippen molar-refractivity contribution in [2.75, 3.05) is 19.7 Å². The van der Waals surface area contributed by atoms with Crippen molar-refractivity contribution < 1.29 is 14.3 Å². The lowest BCUT2D eigenvalue weighted by Gasteiger charge is -2.24. The highest BCUT2D eigenvalue weighted by Crippen LogP contribution is 2.16. The first kappa shape index (κ1) is 21.4. The lowest BCUT2D eigenvalue weighted by molar-refractivity contribution is -0.155. The quantitative estimate of drug-likeness (QED) is 0.367. The first-order chi connectivity index (χ1) is 13.6. The maximum Gasteiger partial charge on any atom is 0.318 e. The highest BCUT2D eigenvalue weighted by Gasteiger charge is 2.31. The molecule has 0 aliphatic carbocycles. The SMILES string of the molecule is CCOC(=O)C(Cc1ccc(/C=C/c2ccccc2)cc1)C(=O)N(CC)CC. The highest BCUT2D eigenvalue weighted by molar-refractivity contribution is 5.98. The molecule has 1 unspecified atom stereocenters. The van der Waals surface area contributed by atoms with E-state index >= 15 is 0 Å². The van der Waals surface area contributed by atoms with E-state index in [2.05, 4.69) is 6.08 Å². The number of carbonyl (C=O) groups is 2. The van der Waals surface area contributed by atoms with Gasteiger partial charge in [0.15, 0.2) is 0 Å². The van der Waals surface area contributed by atoms with Crippen LogP contribution in [0.3, 0.4) is 0 Å². The topological polar surface area (TPSA) is 46.6 Å². The Bertz CT molecular complexity index is 777. The summed E-state index contributed by atoms with van der Waals surface area (Å²) in [6.07, 6.45) is 4.44. The second-order valence-corrected chi connectivity index (χ2v) is 6.50. The molecule has 0 aliphatic rings. The zero-order valence-corrected chi connectivity index (χ0v) is 16.9. The lowest BCUT2D eigenvalue weighted by Crippen LogP contribution is -2.41. The molecule has 4 heteroatoms. The molecule has 0 heterocycles. The normalized spacial score (nSPS) is 12.0. The van der Waals surface area contributed by atoms with Gasteiger partial charge < -0.3 is 9.64 Å². The van der Waals surface area contributed by atoms with Gasteiger partial charge in [0.2, 0.25) is 5.91 Å². The van der Waals surface area contributed by atoms with Crippen LogP contribution >= 0.6 is 0 Å². The number of benzene rings is 2. The zero-order chi connectivity index (χ0) is 20.4. The van der Waals surface area contributed by atoms with E-state index in [-0.39, 0.29) is 12.5 Å². The summed E-state index contributed by atoms with van der Waals surface area (Å²) in [5, 5.41) is 0. The standard InChI is InChI=1S/C24H29NO3/c1-4-25(5-2)23(26)22(24(27)28-6-3)18-21-16-14-20(15-17-21)13-12-19-10-8-7-9-11-19/h7-17,22H,4-6,18H2,1-3H3/b13-12+. The van der Waals surface area contributed by atoms with Gasteiger partial charge in [-0.05, 0) is 43.9 Å². The molecule has 1 amide bonds. The van der Waals surface area contributed by atoms with E-state index in [0.29, 0.717) is 19.5 Å². The Balaban J connectivity index is 2.12. The van der Waals surface area contributed by atoms with Crippen molar-refractivity contribution in [3.63, 3.8) is 0 Å². The minimum Gasteiger partial charge on any atom is -0.465 e. The molecule has 0 N–H and O–H groups in total. The number of hydrogen-bond donors (Lipinski definition) is 0. The van der Waals surface area contributed by atoms with E-state index in [1.807, 2.05) is 74.5 Å². The van der Waals surface area contributed by atoms with Gasteiger partial charge in [-0.1, -0.05) is 66.7 Å². The number of esters is 1. The summed E-state index contributed by atoms with van der Waals surface area (Å²) in [7, 11) is 0. The summed E-state index contributed by atoms with van der Waals surface area (Å²) in [5.41, 5.74) is 3.14. The summed E-state index contributed by atoms with van der Waals surface area (Å²) in [4.78, 5) is 26.8. The first-order valence-electron chi connectivity index (χ1n) is 9.86. The van der Waals surface area contributed by atoms with Crippen molar-refractivity contribution in [2.45, 2.75) is 27.2 Å². The van der Waals surface area contributed by atoms with Crippen molar-refractivity contribution in [1.82, 2.24) is 4.90 Å². The van der Waals surface area contributed by atoms with E-state index < -0.39 is 11.9 Å². The van der Waals surface area contributed by atoms with Gasteiger partial charge in [0.05, 0.1) is 6.61 Å². The Morgan fingerprint density at radius 3 is 2.00 bits per heavy atom. The van der Waals surface area contributed by atoms with Crippen LogP contribution in [0.5, 0.6) is 0 Å². The Labute approximate surface area is 167 Å². The van der Waals surface area contributed by atoms with Crippen LogP contribution in [0.1, 0.15) is 37.5 Å². The van der Waals surface area contributed by atoms with Crippen LogP contribution in [0, 0.1) is 5.92 Å². The van der Waals surface area contributed by atoms with Crippen molar-refractivity contribution >= 4 is 24.0 Å². The predicted molar refractivity (Wildman–Crippen MR) is 114 cm³/mol. The maximum atomic E-state index is 12.8. The molecular formula is C24H29NO3. The molecular weight excluding hydrogens is 350 g/mol. The molecule has 0 bridgehead atoms. The Morgan fingerprint density at radius 1 is 0.893 bits per heavy atom. The average molecular weight is 380 g/mol. The van der Waals surface area contributed by atoms with E-state index in [1.165, 1.54) is 0 Å². The van der Waals surface area contributed by atoms with Crippen molar-refractivity contribution in [1.29, 1.82) is 0 Å². The fourth-order valence-corrected chi connectivity index (χ4v) is 3.03. The van der Waals surface area contributed by atoms with Gasteiger partial charge in [0.1, 0.15) is 5.92 Å². The van der Waals surface area contributed by atoms with E-state index in [4.69, 9.17) is 4.74 Å². The number of amides is 1. The molecule has 0 aliphatic heterocycles. The number of hydrogen-bond acceptors (Lipinski definition) is 3. The zero-order valence-electron chi connectivity index (χ0n) is 16.9. The monoisotopic (exact) mass is 379 g/mol. The second-order valence-electron chi connectivity index (χ2n) is 6.50. The van der Waals surface area contributed by atoms with Crippen molar-refractivity contribution in [3.8, 4) is 0 Å². The minimum atomic E-state index is -0.800. The number of rotatable bonds is 9. The third-order valence-electron chi connectivity index (χ3n) is 4.63. The molecule has 28 heavy (non-hydrogen) atoms. The summed E-state index contributed by atoms with van der Waals surface area (Å²) < 4.78 is 5.15. The molecule has 1 atom stereocenters. The molecule has 148 valence electrons. The van der Waals surface area contributed by atoms with Crippen LogP contribution in [0.2, 0.25) is 0 Å². The van der Waals surface area contributed by atoms with Crippen LogP contribution in [-0.4, -0.2) is 36.5 Å². The minimum absolute atomic E-state index is 0.170. The lowest BCUT2D eigenvalue weighted by atomic mass is 9.96. The van der Waals surface area contributed by atoms with Crippen LogP contribution in [0.15, 0.2) is 54.6 Å². The molecule has 0 spiro atoms. The average Bonchev–Trinajstić information content (AvgIpc) is 2.73. The molecule has 0 radical (unpaired) electrons. The van der Waals surface area contributed by atoms with E-state index in [0.717, 1.165) is 16.7 Å². The molecule has 0 fully saturated rings. The fraction of sp³-hybridized carbons (Fsp3) is 0.333. The van der Waals surface area contributed by atoms with Gasteiger partial charge in [0, 0.05) is 13.1 Å². The van der Waals surface area contributed by atoms with Gasteiger partial charge in [-0.25, -0.2) is 0 Å². The van der Waals surface area contributed by atoms with Crippen LogP contribution in [0.25, 0.3) is 12.2 Å². The summed E-state index contributed by atoms with van der Waals surface area (Å²) >= 11 is 0. The Hall–Kier alpha value is -2.88. The molecule has 2 rings (SSSR count). The number of ether oxygens (including phenoxy) is 1. The van der Waals surface area contributed by atoms with E-state index in [1.54, 1.807) is 11.8 Å². The van der Waals surface area contributed by atoms with Crippen molar-refractivity contribution in [2.24, 2.45) is 5.92 Å². The summed E-state index contributed by atoms with van der Waals surface area (Å²) in [5.74, 6) is -1.42. The van der Waals surface area contributed by atoms with Gasteiger partial charge in [0.25, 0.3) is 0 Å². The summed E-state index contributed by atoms with van der Waals surface area (Å²) in [6.45, 7) is 7.01. The van der Waals surface area contributed by atoms with Crippen LogP contribution in [-0.2, 0) is 20.7 Å². The van der Waals surface area contributed by atoms with Gasteiger partial charge in [-0.3, -0.25) is 9.59 Å². The fourth-order valence-electron chi connectivity index (χ4n) is 3.03. The molecule has 2 aromatic rings. The molecule has 4 nitrogen and oxygen atoms in total. The highest BCUT2D eigenvalue weighted by atomic mass is 16.5. The molecule has 0 aromatic heterocycles. The van der Waals surface area contributed by atoms with E-state index in [9.17, 15) is 9.59 Å².